The third kappa shape index (κ3) is 6.59. The average molecular weight is 361 g/mol. The molecule has 0 radical (unpaired) electrons. The molecule has 0 spiro atoms. The molecule has 0 aromatic heterocycles. The van der Waals surface area contributed by atoms with Crippen LogP contribution in [-0.2, 0) is 14.6 Å². The summed E-state index contributed by atoms with van der Waals surface area (Å²) in [5, 5.41) is 2.59. The molecule has 1 N–H and O–H groups in total. The van der Waals surface area contributed by atoms with E-state index in [0.717, 1.165) is 19.3 Å². The molecule has 140 valence electrons. The minimum atomic E-state index is -3.01. The molecule has 1 aliphatic heterocycles. The lowest BCUT2D eigenvalue weighted by atomic mass is 10.1. The number of hydrogen-bond donors (Lipinski definition) is 1. The van der Waals surface area contributed by atoms with Crippen LogP contribution in [0, 0.1) is 0 Å². The minimum absolute atomic E-state index is 0.103. The molecule has 1 atom stereocenters. The molecule has 2 rings (SSSR count). The van der Waals surface area contributed by atoms with Crippen molar-refractivity contribution in [1.29, 1.82) is 0 Å². The van der Waals surface area contributed by atoms with E-state index in [1.165, 1.54) is 31.9 Å². The maximum absolute atomic E-state index is 12.2. The number of rotatable bonds is 5. The normalized spacial score (nSPS) is 24.2. The highest BCUT2D eigenvalue weighted by Crippen LogP contribution is 2.20. The van der Waals surface area contributed by atoms with Crippen molar-refractivity contribution < 1.29 is 17.9 Å². The number of amides is 2. The highest BCUT2D eigenvalue weighted by Gasteiger charge is 2.26. The Bertz CT molecular complexity index is 487. The number of carbonyl (C=O) groups is 1. The summed E-state index contributed by atoms with van der Waals surface area (Å²) >= 11 is 0. The molecule has 0 aromatic carbocycles. The fraction of sp³-hybridized carbons (Fsp3) is 0.941. The van der Waals surface area contributed by atoms with Crippen LogP contribution in [0.25, 0.3) is 0 Å². The van der Waals surface area contributed by atoms with Crippen LogP contribution in [0.5, 0.6) is 0 Å². The largest absolute Gasteiger partial charge is 0.376 e. The maximum atomic E-state index is 12.2. The van der Waals surface area contributed by atoms with Crippen molar-refractivity contribution in [2.45, 2.75) is 69.1 Å². The summed E-state index contributed by atoms with van der Waals surface area (Å²) in [5.41, 5.74) is 0. The van der Waals surface area contributed by atoms with Gasteiger partial charge in [0.2, 0.25) is 0 Å². The second-order valence-corrected chi connectivity index (χ2v) is 9.41. The Balaban J connectivity index is 1.65. The topological polar surface area (TPSA) is 75.7 Å². The summed E-state index contributed by atoms with van der Waals surface area (Å²) in [6.07, 6.45) is 10.9. The second-order valence-electron chi connectivity index (χ2n) is 7.09. The molecule has 0 bridgehead atoms. The number of sulfone groups is 1. The first-order chi connectivity index (χ1) is 11.5. The zero-order valence-electron chi connectivity index (χ0n) is 14.8. The van der Waals surface area contributed by atoms with Crippen LogP contribution in [0.4, 0.5) is 4.79 Å². The Hall–Kier alpha value is -0.820. The van der Waals surface area contributed by atoms with Gasteiger partial charge >= 0.3 is 6.03 Å². The van der Waals surface area contributed by atoms with Gasteiger partial charge in [0, 0.05) is 25.9 Å². The first kappa shape index (κ1) is 19.5. The average Bonchev–Trinajstić information content (AvgIpc) is 2.93. The molecule has 2 amide bonds. The number of nitrogens with one attached hydrogen (secondary N) is 1. The zero-order chi connectivity index (χ0) is 17.4. The van der Waals surface area contributed by atoms with Crippen molar-refractivity contribution in [3.8, 4) is 0 Å². The number of urea groups is 1. The van der Waals surface area contributed by atoms with E-state index in [-0.39, 0.29) is 11.3 Å². The number of nitrogens with zero attached hydrogens (tertiary/aromatic N) is 1. The number of hydrogen-bond acceptors (Lipinski definition) is 4. The lowest BCUT2D eigenvalue weighted by Gasteiger charge is -2.21. The summed E-state index contributed by atoms with van der Waals surface area (Å²) < 4.78 is 29.2. The third-order valence-corrected chi connectivity index (χ3v) is 6.78. The summed E-state index contributed by atoms with van der Waals surface area (Å²) in [7, 11) is -3.01. The SMILES string of the molecule is CS(=O)(=O)[C@H]1CCCN(C(=O)NCCOC2CCCCCC2)CC1. The monoisotopic (exact) mass is 360 g/mol. The lowest BCUT2D eigenvalue weighted by molar-refractivity contribution is 0.0455. The van der Waals surface area contributed by atoms with Gasteiger partial charge in [0.15, 0.2) is 0 Å². The first-order valence-electron chi connectivity index (χ1n) is 9.30. The van der Waals surface area contributed by atoms with Crippen molar-refractivity contribution in [1.82, 2.24) is 10.2 Å². The zero-order valence-corrected chi connectivity index (χ0v) is 15.7. The number of ether oxygens (including phenoxy) is 1. The van der Waals surface area contributed by atoms with E-state index in [4.69, 9.17) is 4.74 Å². The molecule has 0 aromatic rings. The molecule has 0 unspecified atom stereocenters. The first-order valence-corrected chi connectivity index (χ1v) is 11.3. The van der Waals surface area contributed by atoms with Gasteiger partial charge in [-0.25, -0.2) is 13.2 Å². The Morgan fingerprint density at radius 1 is 1.04 bits per heavy atom. The van der Waals surface area contributed by atoms with Gasteiger partial charge < -0.3 is 15.0 Å². The van der Waals surface area contributed by atoms with Crippen LogP contribution in [0.3, 0.4) is 0 Å². The van der Waals surface area contributed by atoms with Gasteiger partial charge in [-0.3, -0.25) is 0 Å². The Labute approximate surface area is 146 Å². The van der Waals surface area contributed by atoms with Crippen LogP contribution in [0.15, 0.2) is 0 Å². The summed E-state index contributed by atoms with van der Waals surface area (Å²) in [6, 6.07) is -0.103. The van der Waals surface area contributed by atoms with E-state index in [0.29, 0.717) is 45.2 Å². The van der Waals surface area contributed by atoms with Crippen molar-refractivity contribution in [3.63, 3.8) is 0 Å². The highest BCUT2D eigenvalue weighted by molar-refractivity contribution is 7.91. The predicted molar refractivity (Wildman–Crippen MR) is 94.9 cm³/mol. The van der Waals surface area contributed by atoms with Gasteiger partial charge in [-0.15, -0.1) is 0 Å². The van der Waals surface area contributed by atoms with Gasteiger partial charge in [-0.2, -0.15) is 0 Å². The van der Waals surface area contributed by atoms with E-state index in [2.05, 4.69) is 5.32 Å². The molecular formula is C17H32N2O4S. The minimum Gasteiger partial charge on any atom is -0.376 e. The van der Waals surface area contributed by atoms with E-state index in [1.54, 1.807) is 4.90 Å². The predicted octanol–water partition coefficient (Wildman–Crippen LogP) is 2.33. The van der Waals surface area contributed by atoms with Crippen LogP contribution in [0.1, 0.15) is 57.8 Å². The van der Waals surface area contributed by atoms with Crippen molar-refractivity contribution in [2.75, 3.05) is 32.5 Å². The number of likely N-dealkylation sites (tertiary alicyclic amines) is 1. The smallest absolute Gasteiger partial charge is 0.317 e. The number of carbonyl (C=O) groups excluding carboxylic acids is 1. The molecule has 1 saturated heterocycles. The Kier molecular flexibility index (Phi) is 7.81. The molecule has 7 heteroatoms. The molecule has 1 saturated carbocycles. The van der Waals surface area contributed by atoms with E-state index in [1.807, 2.05) is 0 Å². The highest BCUT2D eigenvalue weighted by atomic mass is 32.2. The Morgan fingerprint density at radius 3 is 2.42 bits per heavy atom. The summed E-state index contributed by atoms with van der Waals surface area (Å²) in [4.78, 5) is 14.0. The van der Waals surface area contributed by atoms with Crippen LogP contribution >= 0.6 is 0 Å². The van der Waals surface area contributed by atoms with Gasteiger partial charge in [-0.1, -0.05) is 25.7 Å². The fourth-order valence-electron chi connectivity index (χ4n) is 3.60. The summed E-state index contributed by atoms with van der Waals surface area (Å²) in [5.74, 6) is 0. The summed E-state index contributed by atoms with van der Waals surface area (Å²) in [6.45, 7) is 2.20. The van der Waals surface area contributed by atoms with Gasteiger partial charge in [0.1, 0.15) is 9.84 Å². The lowest BCUT2D eigenvalue weighted by Crippen LogP contribution is -2.42. The van der Waals surface area contributed by atoms with Gasteiger partial charge in [-0.05, 0) is 32.1 Å². The molecule has 2 aliphatic rings. The quantitative estimate of drug-likeness (QED) is 0.603. The molecule has 1 heterocycles. The molecule has 1 aliphatic carbocycles. The Morgan fingerprint density at radius 2 is 1.75 bits per heavy atom. The standard InChI is InChI=1S/C17H32N2O4S/c1-24(21,22)16-9-6-12-19(13-10-16)17(20)18-11-14-23-15-7-4-2-3-5-8-15/h15-16H,2-14H2,1H3,(H,18,20)/t16-/m0/s1. The maximum Gasteiger partial charge on any atom is 0.317 e. The van der Waals surface area contributed by atoms with E-state index >= 15 is 0 Å². The third-order valence-electron chi connectivity index (χ3n) is 5.10. The van der Waals surface area contributed by atoms with Crippen molar-refractivity contribution in [3.05, 3.63) is 0 Å². The molecule has 6 nitrogen and oxygen atoms in total. The second kappa shape index (κ2) is 9.61. The van der Waals surface area contributed by atoms with Crippen LogP contribution < -0.4 is 5.32 Å². The van der Waals surface area contributed by atoms with Crippen LogP contribution in [-0.4, -0.2) is 63.2 Å². The molecular weight excluding hydrogens is 328 g/mol. The fourth-order valence-corrected chi connectivity index (χ4v) is 4.73. The molecule has 24 heavy (non-hydrogen) atoms. The molecule has 2 fully saturated rings. The van der Waals surface area contributed by atoms with Crippen molar-refractivity contribution >= 4 is 15.9 Å². The van der Waals surface area contributed by atoms with Gasteiger partial charge in [0.25, 0.3) is 0 Å². The van der Waals surface area contributed by atoms with Crippen LogP contribution in [0.2, 0.25) is 0 Å². The van der Waals surface area contributed by atoms with E-state index in [9.17, 15) is 13.2 Å². The van der Waals surface area contributed by atoms with Gasteiger partial charge in [0.05, 0.1) is 18.0 Å². The van der Waals surface area contributed by atoms with E-state index < -0.39 is 9.84 Å². The van der Waals surface area contributed by atoms with Crippen molar-refractivity contribution in [2.24, 2.45) is 0 Å².